The number of benzene rings is 1. The fourth-order valence-corrected chi connectivity index (χ4v) is 1.54. The summed E-state index contributed by atoms with van der Waals surface area (Å²) in [6.07, 6.45) is 0. The van der Waals surface area contributed by atoms with Crippen LogP contribution in [0.5, 0.6) is 0 Å². The lowest BCUT2D eigenvalue weighted by Crippen LogP contribution is -2.18. The monoisotopic (exact) mass is 269 g/mol. The fourth-order valence-electron chi connectivity index (χ4n) is 1.35. The van der Waals surface area contributed by atoms with Gasteiger partial charge in [-0.25, -0.2) is 9.59 Å². The Labute approximate surface area is 109 Å². The van der Waals surface area contributed by atoms with Crippen LogP contribution in [0.1, 0.15) is 6.92 Å². The van der Waals surface area contributed by atoms with E-state index >= 15 is 0 Å². The number of methoxy groups -OCH3 is 1. The number of ether oxygens (including phenoxy) is 1. The van der Waals surface area contributed by atoms with E-state index in [1.165, 1.54) is 6.92 Å². The van der Waals surface area contributed by atoms with Crippen LogP contribution in [0.3, 0.4) is 0 Å². The number of aliphatic carboxylic acids is 1. The highest BCUT2D eigenvalue weighted by molar-refractivity contribution is 6.30. The summed E-state index contributed by atoms with van der Waals surface area (Å²) in [7, 11) is 1.12. The average molecular weight is 270 g/mol. The Balaban J connectivity index is 3.06. The Morgan fingerprint density at radius 1 is 1.39 bits per heavy atom. The first kappa shape index (κ1) is 14.1. The predicted molar refractivity (Wildman–Crippen MR) is 67.4 cm³/mol. The van der Waals surface area contributed by atoms with Gasteiger partial charge in [0.1, 0.15) is 0 Å². The highest BCUT2D eigenvalue weighted by atomic mass is 35.5. The molecule has 0 saturated carbocycles. The van der Waals surface area contributed by atoms with Crippen molar-refractivity contribution in [2.45, 2.75) is 6.92 Å². The summed E-state index contributed by atoms with van der Waals surface area (Å²) in [5.41, 5.74) is 0.316. The van der Waals surface area contributed by atoms with Crippen LogP contribution in [0.15, 0.2) is 35.5 Å². The Bertz CT molecular complexity index is 511. The standard InChI is InChI=1S/C12H12ClNO4/c1-7(10(11(15)16)12(17)18-2)14-9-5-3-4-8(13)6-9/h3-6,14H,1-2H3,(H,15,16). The quantitative estimate of drug-likeness (QED) is 0.380. The van der Waals surface area contributed by atoms with Gasteiger partial charge in [0.15, 0.2) is 5.57 Å². The molecule has 0 unspecified atom stereocenters. The molecule has 0 saturated heterocycles. The zero-order chi connectivity index (χ0) is 13.7. The van der Waals surface area contributed by atoms with Gasteiger partial charge >= 0.3 is 11.9 Å². The largest absolute Gasteiger partial charge is 0.477 e. The van der Waals surface area contributed by atoms with Gasteiger partial charge in [0.05, 0.1) is 7.11 Å². The van der Waals surface area contributed by atoms with Crippen molar-refractivity contribution in [2.24, 2.45) is 0 Å². The molecule has 2 N–H and O–H groups in total. The maximum absolute atomic E-state index is 11.3. The minimum atomic E-state index is -1.35. The molecular formula is C12H12ClNO4. The van der Waals surface area contributed by atoms with E-state index in [9.17, 15) is 9.59 Å². The number of esters is 1. The molecule has 0 spiro atoms. The first-order valence-corrected chi connectivity index (χ1v) is 5.38. The Morgan fingerprint density at radius 3 is 2.56 bits per heavy atom. The van der Waals surface area contributed by atoms with Gasteiger partial charge in [0, 0.05) is 16.4 Å². The molecule has 5 nitrogen and oxygen atoms in total. The molecule has 0 aliphatic carbocycles. The van der Waals surface area contributed by atoms with Crippen molar-refractivity contribution in [3.05, 3.63) is 40.6 Å². The molecule has 0 aromatic heterocycles. The summed E-state index contributed by atoms with van der Waals surface area (Å²) in [5, 5.41) is 12.2. The van der Waals surface area contributed by atoms with Crippen LogP contribution < -0.4 is 5.32 Å². The lowest BCUT2D eigenvalue weighted by atomic mass is 10.2. The van der Waals surface area contributed by atoms with Gasteiger partial charge in [-0.15, -0.1) is 0 Å². The first-order chi connectivity index (χ1) is 8.45. The lowest BCUT2D eigenvalue weighted by Gasteiger charge is -2.10. The van der Waals surface area contributed by atoms with Crippen molar-refractivity contribution in [3.63, 3.8) is 0 Å². The normalized spacial score (nSPS) is 11.5. The molecule has 96 valence electrons. The summed E-state index contributed by atoms with van der Waals surface area (Å²) < 4.78 is 4.41. The van der Waals surface area contributed by atoms with E-state index < -0.39 is 17.5 Å². The molecule has 1 aromatic rings. The van der Waals surface area contributed by atoms with E-state index in [4.69, 9.17) is 16.7 Å². The van der Waals surface area contributed by atoms with Crippen LogP contribution in [0, 0.1) is 0 Å². The van der Waals surface area contributed by atoms with Crippen LogP contribution >= 0.6 is 11.6 Å². The zero-order valence-corrected chi connectivity index (χ0v) is 10.6. The molecule has 0 aliphatic heterocycles. The van der Waals surface area contributed by atoms with E-state index in [0.717, 1.165) is 7.11 Å². The SMILES string of the molecule is COC(=O)C(C(=O)O)=C(C)Nc1cccc(Cl)c1. The van der Waals surface area contributed by atoms with Crippen molar-refractivity contribution in [1.82, 2.24) is 0 Å². The highest BCUT2D eigenvalue weighted by Gasteiger charge is 2.21. The van der Waals surface area contributed by atoms with E-state index in [2.05, 4.69) is 10.1 Å². The van der Waals surface area contributed by atoms with Crippen LogP contribution in [0.25, 0.3) is 0 Å². The number of nitrogens with one attached hydrogen (secondary N) is 1. The van der Waals surface area contributed by atoms with Crippen LogP contribution in [-0.2, 0) is 14.3 Å². The van der Waals surface area contributed by atoms with Crippen molar-refractivity contribution >= 4 is 29.2 Å². The van der Waals surface area contributed by atoms with Gasteiger partial charge in [0.25, 0.3) is 0 Å². The van der Waals surface area contributed by atoms with Gasteiger partial charge in [0.2, 0.25) is 0 Å². The number of carbonyl (C=O) groups is 2. The Morgan fingerprint density at radius 2 is 2.06 bits per heavy atom. The number of halogens is 1. The molecule has 0 radical (unpaired) electrons. The van der Waals surface area contributed by atoms with Gasteiger partial charge in [-0.3, -0.25) is 0 Å². The minimum absolute atomic E-state index is 0.177. The molecule has 0 fully saturated rings. The minimum Gasteiger partial charge on any atom is -0.477 e. The second-order valence-corrected chi connectivity index (χ2v) is 3.87. The third-order valence-electron chi connectivity index (χ3n) is 2.13. The first-order valence-electron chi connectivity index (χ1n) is 5.00. The van der Waals surface area contributed by atoms with E-state index in [0.29, 0.717) is 10.7 Å². The van der Waals surface area contributed by atoms with E-state index in [1.54, 1.807) is 24.3 Å². The summed E-state index contributed by atoms with van der Waals surface area (Å²) >= 11 is 5.80. The summed E-state index contributed by atoms with van der Waals surface area (Å²) in [6, 6.07) is 6.70. The molecule has 0 amide bonds. The van der Waals surface area contributed by atoms with Gasteiger partial charge in [-0.1, -0.05) is 17.7 Å². The van der Waals surface area contributed by atoms with Crippen LogP contribution in [0.2, 0.25) is 5.02 Å². The molecule has 0 aliphatic rings. The number of allylic oxidation sites excluding steroid dienone is 1. The van der Waals surface area contributed by atoms with E-state index in [-0.39, 0.29) is 5.70 Å². The van der Waals surface area contributed by atoms with Crippen molar-refractivity contribution in [3.8, 4) is 0 Å². The average Bonchev–Trinajstić information content (AvgIpc) is 2.28. The number of hydrogen-bond donors (Lipinski definition) is 2. The van der Waals surface area contributed by atoms with Crippen LogP contribution in [-0.4, -0.2) is 24.2 Å². The Hall–Kier alpha value is -2.01. The van der Waals surface area contributed by atoms with Gasteiger partial charge in [-0.2, -0.15) is 0 Å². The lowest BCUT2D eigenvalue weighted by molar-refractivity contribution is -0.142. The third-order valence-corrected chi connectivity index (χ3v) is 2.37. The molecule has 6 heteroatoms. The van der Waals surface area contributed by atoms with E-state index in [1.807, 2.05) is 0 Å². The molecule has 1 rings (SSSR count). The molecule has 0 bridgehead atoms. The maximum atomic E-state index is 11.3. The third kappa shape index (κ3) is 3.49. The topological polar surface area (TPSA) is 75.6 Å². The zero-order valence-electron chi connectivity index (χ0n) is 9.86. The predicted octanol–water partition coefficient (Wildman–Crippen LogP) is 2.28. The number of carbonyl (C=O) groups excluding carboxylic acids is 1. The summed E-state index contributed by atoms with van der Waals surface area (Å²) in [5.74, 6) is -2.26. The Kier molecular flexibility index (Phi) is 4.74. The second-order valence-electron chi connectivity index (χ2n) is 3.43. The number of carboxylic acids is 1. The van der Waals surface area contributed by atoms with Crippen molar-refractivity contribution < 1.29 is 19.4 Å². The molecule has 0 atom stereocenters. The van der Waals surface area contributed by atoms with Crippen molar-refractivity contribution in [1.29, 1.82) is 0 Å². The highest BCUT2D eigenvalue weighted by Crippen LogP contribution is 2.18. The van der Waals surface area contributed by atoms with Crippen LogP contribution in [0.4, 0.5) is 5.69 Å². The summed E-state index contributed by atoms with van der Waals surface area (Å²) in [6.45, 7) is 1.47. The smallest absolute Gasteiger partial charge is 0.347 e. The second kappa shape index (κ2) is 6.07. The van der Waals surface area contributed by atoms with Gasteiger partial charge < -0.3 is 15.2 Å². The number of anilines is 1. The number of hydrogen-bond acceptors (Lipinski definition) is 4. The summed E-state index contributed by atoms with van der Waals surface area (Å²) in [4.78, 5) is 22.3. The number of carboxylic acid groups (broad SMARTS) is 1. The van der Waals surface area contributed by atoms with Gasteiger partial charge in [-0.05, 0) is 25.1 Å². The molecular weight excluding hydrogens is 258 g/mol. The molecule has 1 aromatic carbocycles. The molecule has 18 heavy (non-hydrogen) atoms. The fraction of sp³-hybridized carbons (Fsp3) is 0.167. The maximum Gasteiger partial charge on any atom is 0.347 e. The molecule has 0 heterocycles. The van der Waals surface area contributed by atoms with Crippen molar-refractivity contribution in [2.75, 3.05) is 12.4 Å². The number of rotatable bonds is 4.